The van der Waals surface area contributed by atoms with Crippen LogP contribution >= 0.6 is 0 Å². The van der Waals surface area contributed by atoms with E-state index in [1.165, 1.54) is 12.5 Å². The summed E-state index contributed by atoms with van der Waals surface area (Å²) < 4.78 is 10.7. The fraction of sp³-hybridized carbons (Fsp3) is 0.474. The fourth-order valence-corrected chi connectivity index (χ4v) is 4.32. The zero-order chi connectivity index (χ0) is 16.8. The highest BCUT2D eigenvalue weighted by Gasteiger charge is 2.43. The van der Waals surface area contributed by atoms with Crippen LogP contribution in [0, 0.1) is 24.7 Å². The Morgan fingerprint density at radius 3 is 2.88 bits per heavy atom. The third-order valence-corrected chi connectivity index (χ3v) is 5.63. The maximum absolute atomic E-state index is 12.4. The molecule has 2 aromatic rings. The number of rotatable bonds is 3. The van der Waals surface area contributed by atoms with E-state index in [1.807, 2.05) is 0 Å². The average Bonchev–Trinajstić information content (AvgIpc) is 3.19. The van der Waals surface area contributed by atoms with Gasteiger partial charge in [-0.2, -0.15) is 0 Å². The summed E-state index contributed by atoms with van der Waals surface area (Å²) in [6.07, 6.45) is 4.45. The molecule has 5 heteroatoms. The molecule has 126 valence electrons. The van der Waals surface area contributed by atoms with Gasteiger partial charge in [0.15, 0.2) is 0 Å². The number of aryl methyl sites for hydroxylation is 1. The highest BCUT2D eigenvalue weighted by atomic mass is 16.5. The van der Waals surface area contributed by atoms with Gasteiger partial charge in [0.1, 0.15) is 17.9 Å². The number of carbonyl (C=O) groups excluding carboxylic acids is 1. The lowest BCUT2D eigenvalue weighted by Crippen LogP contribution is -2.23. The van der Waals surface area contributed by atoms with Gasteiger partial charge >= 0.3 is 11.6 Å². The van der Waals surface area contributed by atoms with E-state index in [2.05, 4.69) is 0 Å². The molecule has 3 atom stereocenters. The van der Waals surface area contributed by atoms with Crippen LogP contribution in [0.25, 0.3) is 11.0 Å². The van der Waals surface area contributed by atoms with E-state index < -0.39 is 5.63 Å². The van der Waals surface area contributed by atoms with E-state index in [0.29, 0.717) is 33.9 Å². The van der Waals surface area contributed by atoms with Crippen molar-refractivity contribution in [3.8, 4) is 5.75 Å². The van der Waals surface area contributed by atoms with Gasteiger partial charge in [-0.3, -0.25) is 4.79 Å². The molecule has 1 N–H and O–H groups in total. The number of benzene rings is 1. The van der Waals surface area contributed by atoms with E-state index in [1.54, 1.807) is 19.1 Å². The maximum Gasteiger partial charge on any atom is 0.336 e. The minimum Gasteiger partial charge on any atom is -0.508 e. The van der Waals surface area contributed by atoms with Crippen molar-refractivity contribution < 1.29 is 19.1 Å². The van der Waals surface area contributed by atoms with Gasteiger partial charge in [-0.25, -0.2) is 4.79 Å². The minimum absolute atomic E-state index is 0.0147. The number of hydrogen-bond acceptors (Lipinski definition) is 5. The largest absolute Gasteiger partial charge is 0.508 e. The first kappa shape index (κ1) is 15.2. The zero-order valence-corrected chi connectivity index (χ0v) is 13.6. The number of carbonyl (C=O) groups is 1. The third-order valence-electron chi connectivity index (χ3n) is 5.63. The van der Waals surface area contributed by atoms with Crippen LogP contribution < -0.4 is 5.63 Å². The summed E-state index contributed by atoms with van der Waals surface area (Å²) in [7, 11) is 0. The first-order chi connectivity index (χ1) is 11.5. The number of fused-ring (bicyclic) bond motifs is 3. The van der Waals surface area contributed by atoms with Gasteiger partial charge in [0.25, 0.3) is 0 Å². The molecule has 24 heavy (non-hydrogen) atoms. The molecule has 0 amide bonds. The molecule has 2 bridgehead atoms. The summed E-state index contributed by atoms with van der Waals surface area (Å²) in [5.74, 6) is 1.09. The highest BCUT2D eigenvalue weighted by molar-refractivity contribution is 5.85. The molecule has 2 fully saturated rings. The second kappa shape index (κ2) is 5.65. The normalized spacial score (nSPS) is 25.3. The number of ether oxygens (including phenoxy) is 1. The van der Waals surface area contributed by atoms with Gasteiger partial charge in [0.2, 0.25) is 0 Å². The second-order valence-corrected chi connectivity index (χ2v) is 7.07. The Kier molecular flexibility index (Phi) is 3.59. The highest BCUT2D eigenvalue weighted by Crippen LogP contribution is 2.48. The zero-order valence-electron chi connectivity index (χ0n) is 13.6. The molecule has 4 rings (SSSR count). The van der Waals surface area contributed by atoms with E-state index in [0.717, 1.165) is 19.3 Å². The summed E-state index contributed by atoms with van der Waals surface area (Å²) in [5.41, 5.74) is 0.947. The number of esters is 1. The summed E-state index contributed by atoms with van der Waals surface area (Å²) in [6, 6.07) is 4.59. The summed E-state index contributed by atoms with van der Waals surface area (Å²) in [5, 5.41) is 10.5. The first-order valence-electron chi connectivity index (χ1n) is 8.45. The summed E-state index contributed by atoms with van der Waals surface area (Å²) in [6.45, 7) is 1.74. The molecule has 2 aliphatic carbocycles. The Morgan fingerprint density at radius 1 is 1.33 bits per heavy atom. The maximum atomic E-state index is 12.4. The van der Waals surface area contributed by atoms with Crippen LogP contribution in [0.5, 0.6) is 5.75 Å². The van der Waals surface area contributed by atoms with Gasteiger partial charge in [0, 0.05) is 22.6 Å². The van der Waals surface area contributed by atoms with Crippen LogP contribution in [0.4, 0.5) is 0 Å². The van der Waals surface area contributed by atoms with Crippen LogP contribution in [0.3, 0.4) is 0 Å². The molecule has 1 heterocycles. The molecular weight excluding hydrogens is 308 g/mol. The Labute approximate surface area is 139 Å². The van der Waals surface area contributed by atoms with Gasteiger partial charge in [0.05, 0.1) is 5.92 Å². The third kappa shape index (κ3) is 2.48. The standard InChI is InChI=1S/C19H20O5/c1-10-16(20)5-4-14-13(8-17(21)24-18(10)14)9-23-19(22)15-7-11-2-3-12(15)6-11/h4-5,8,11-12,15,20H,2-3,6-7,9H2,1H3/t11-,12-,15-/m0/s1. The fourth-order valence-electron chi connectivity index (χ4n) is 4.32. The quantitative estimate of drug-likeness (QED) is 0.691. The number of hydrogen-bond donors (Lipinski definition) is 1. The van der Waals surface area contributed by atoms with Gasteiger partial charge in [-0.1, -0.05) is 6.42 Å². The van der Waals surface area contributed by atoms with E-state index in [-0.39, 0.29) is 24.2 Å². The minimum atomic E-state index is -0.512. The molecule has 2 aliphatic rings. The predicted molar refractivity (Wildman–Crippen MR) is 87.6 cm³/mol. The topological polar surface area (TPSA) is 76.7 Å². The number of phenols is 1. The first-order valence-corrected chi connectivity index (χ1v) is 8.45. The summed E-state index contributed by atoms with van der Waals surface area (Å²) >= 11 is 0. The van der Waals surface area contributed by atoms with Gasteiger partial charge < -0.3 is 14.3 Å². The Bertz CT molecular complexity index is 866. The lowest BCUT2D eigenvalue weighted by molar-refractivity contribution is -0.151. The molecule has 5 nitrogen and oxygen atoms in total. The van der Waals surface area contributed by atoms with Crippen molar-refractivity contribution >= 4 is 16.9 Å². The van der Waals surface area contributed by atoms with Crippen LogP contribution in [0.15, 0.2) is 27.4 Å². The molecule has 0 unspecified atom stereocenters. The van der Waals surface area contributed by atoms with E-state index in [9.17, 15) is 14.7 Å². The van der Waals surface area contributed by atoms with E-state index in [4.69, 9.17) is 9.15 Å². The number of phenolic OH excluding ortho intramolecular Hbond substituents is 1. The molecule has 0 aliphatic heterocycles. The average molecular weight is 328 g/mol. The summed E-state index contributed by atoms with van der Waals surface area (Å²) in [4.78, 5) is 24.2. The van der Waals surface area contributed by atoms with E-state index >= 15 is 0 Å². The van der Waals surface area contributed by atoms with Crippen molar-refractivity contribution in [3.05, 3.63) is 39.7 Å². The van der Waals surface area contributed by atoms with Gasteiger partial charge in [-0.15, -0.1) is 0 Å². The lowest BCUT2D eigenvalue weighted by atomic mass is 9.89. The van der Waals surface area contributed by atoms with Crippen molar-refractivity contribution in [2.45, 2.75) is 39.2 Å². The van der Waals surface area contributed by atoms with Crippen LogP contribution in [0.1, 0.15) is 36.8 Å². The molecule has 0 spiro atoms. The second-order valence-electron chi connectivity index (χ2n) is 7.07. The van der Waals surface area contributed by atoms with Crippen molar-refractivity contribution in [1.82, 2.24) is 0 Å². The smallest absolute Gasteiger partial charge is 0.336 e. The van der Waals surface area contributed by atoms with Crippen molar-refractivity contribution in [2.75, 3.05) is 0 Å². The Morgan fingerprint density at radius 2 is 2.17 bits per heavy atom. The molecule has 1 aromatic heterocycles. The Hall–Kier alpha value is -2.30. The molecule has 1 aromatic carbocycles. The van der Waals surface area contributed by atoms with Gasteiger partial charge in [-0.05, 0) is 50.2 Å². The van der Waals surface area contributed by atoms with Crippen molar-refractivity contribution in [1.29, 1.82) is 0 Å². The SMILES string of the molecule is Cc1c(O)ccc2c(COC(=O)[C@H]3C[C@H]4CC[C@H]3C4)cc(=O)oc12. The molecule has 0 radical (unpaired) electrons. The predicted octanol–water partition coefficient (Wildman–Crippen LogP) is 3.29. The monoisotopic (exact) mass is 328 g/mol. The molecule has 0 saturated heterocycles. The van der Waals surface area contributed by atoms with Crippen molar-refractivity contribution in [3.63, 3.8) is 0 Å². The lowest BCUT2D eigenvalue weighted by Gasteiger charge is -2.20. The Balaban J connectivity index is 1.57. The van der Waals surface area contributed by atoms with Crippen molar-refractivity contribution in [2.24, 2.45) is 17.8 Å². The van der Waals surface area contributed by atoms with Crippen LogP contribution in [-0.2, 0) is 16.1 Å². The van der Waals surface area contributed by atoms with Crippen LogP contribution in [-0.4, -0.2) is 11.1 Å². The van der Waals surface area contributed by atoms with Crippen LogP contribution in [0.2, 0.25) is 0 Å². The number of aromatic hydroxyl groups is 1. The molecular formula is C19H20O5. The molecule has 2 saturated carbocycles.